The number of ether oxygens (including phenoxy) is 18. The summed E-state index contributed by atoms with van der Waals surface area (Å²) in [7, 11) is 5.00. The zero-order chi connectivity index (χ0) is 61.8. The minimum atomic E-state index is -0.137. The summed E-state index contributed by atoms with van der Waals surface area (Å²) in [6.07, 6.45) is 1.11. The first-order valence-corrected chi connectivity index (χ1v) is 31.6. The highest BCUT2D eigenvalue weighted by Crippen LogP contribution is 2.52. The van der Waals surface area contributed by atoms with E-state index < -0.39 is 0 Å². The molecule has 6 aliphatic rings. The van der Waals surface area contributed by atoms with Crippen molar-refractivity contribution >= 4 is 97.0 Å². The third-order valence-electron chi connectivity index (χ3n) is 18.7. The zero-order valence-electron chi connectivity index (χ0n) is 51.3. The topological polar surface area (TPSA) is 166 Å². The van der Waals surface area contributed by atoms with Crippen molar-refractivity contribution in [3.63, 3.8) is 0 Å². The molecular weight excluding hydrogens is 1190 g/mol. The highest BCUT2D eigenvalue weighted by Gasteiger charge is 2.28. The van der Waals surface area contributed by atoms with Crippen LogP contribution in [-0.2, 0) is 0 Å². The molecule has 18 rings (SSSR count). The molecule has 470 valence electrons. The van der Waals surface area contributed by atoms with Crippen LogP contribution >= 0.6 is 0 Å². The molecule has 0 unspecified atom stereocenters. The fourth-order valence-corrected chi connectivity index (χ4v) is 14.2. The predicted octanol–water partition coefficient (Wildman–Crippen LogP) is 14.7. The molecular formula is C75H62O18. The molecule has 6 aliphatic heterocycles. The van der Waals surface area contributed by atoms with E-state index in [1.807, 2.05) is 18.2 Å². The molecule has 0 saturated carbocycles. The number of benzene rings is 12. The maximum atomic E-state index is 7.05. The summed E-state index contributed by atoms with van der Waals surface area (Å²) in [5, 5.41) is 17.5. The summed E-state index contributed by atoms with van der Waals surface area (Å²) in [5.74, 6) is 11.6. The molecule has 0 saturated heterocycles. The van der Waals surface area contributed by atoms with Gasteiger partial charge in [0.05, 0.1) is 41.2 Å². The van der Waals surface area contributed by atoms with Crippen molar-refractivity contribution in [3.05, 3.63) is 109 Å². The Morgan fingerprint density at radius 3 is 0.570 bits per heavy atom. The van der Waals surface area contributed by atoms with Gasteiger partial charge in [0.2, 0.25) is 0 Å². The van der Waals surface area contributed by atoms with Crippen molar-refractivity contribution in [1.82, 2.24) is 0 Å². The Labute approximate surface area is 531 Å². The number of methoxy groups -OCH3 is 3. The van der Waals surface area contributed by atoms with Crippen LogP contribution in [0.5, 0.6) is 103 Å². The first-order valence-electron chi connectivity index (χ1n) is 31.6. The van der Waals surface area contributed by atoms with Gasteiger partial charge >= 0.3 is 0 Å². The second-order valence-electron chi connectivity index (χ2n) is 23.8. The van der Waals surface area contributed by atoms with Gasteiger partial charge in [0.25, 0.3) is 0 Å². The van der Waals surface area contributed by atoms with Crippen molar-refractivity contribution < 1.29 is 85.3 Å². The second-order valence-corrected chi connectivity index (χ2v) is 23.8. The fraction of sp³-hybridized carbons (Fsp3) is 0.280. The summed E-state index contributed by atoms with van der Waals surface area (Å²) in [6.45, 7) is 6.40. The van der Waals surface area contributed by atoms with Gasteiger partial charge in [0, 0.05) is 0 Å². The lowest BCUT2D eigenvalue weighted by Gasteiger charge is -2.24. The van der Waals surface area contributed by atoms with Gasteiger partial charge in [-0.3, -0.25) is 0 Å². The fourth-order valence-electron chi connectivity index (χ4n) is 14.2. The molecule has 0 amide bonds. The van der Waals surface area contributed by atoms with Crippen LogP contribution in [0.3, 0.4) is 0 Å². The molecule has 0 spiro atoms. The summed E-state index contributed by atoms with van der Waals surface area (Å²) >= 11 is 0. The minimum absolute atomic E-state index is 0.137. The second kappa shape index (κ2) is 22.3. The first kappa shape index (κ1) is 55.2. The standard InChI is InChI=1S/C75H62O18/c1-76-58-20-40-43(49-29-67-73(90-17-14-84-67)35-55(49)52-32-70-64(26-46(40)52)81-8-11-87-70)23-61(58)79-6-4-39(38-93-63-25-45-42(22-60(63)78-3)48-28-66-72(89-13-10-83-66)34-54(48)57-37-75-69(31-51(45)57)86-16-19-92-75)5-7-80-62-24-44-41(21-59(62)77-2)47-27-65-71(88-12-9-82-65)33-53(47)56-36-74-68(30-50(44)56)85-15-18-91-74/h20-37,39H,4-19,38H2,1-3H3. The summed E-state index contributed by atoms with van der Waals surface area (Å²) < 4.78 is 113. The molecule has 12 aromatic rings. The van der Waals surface area contributed by atoms with Crippen molar-refractivity contribution in [1.29, 1.82) is 0 Å². The Balaban J connectivity index is 0.715. The number of fused-ring (bicyclic) bond motifs is 24. The maximum Gasteiger partial charge on any atom is 0.162 e. The van der Waals surface area contributed by atoms with Gasteiger partial charge in [-0.1, -0.05) is 0 Å². The summed E-state index contributed by atoms with van der Waals surface area (Å²) in [4.78, 5) is 0. The van der Waals surface area contributed by atoms with Gasteiger partial charge in [-0.2, -0.15) is 0 Å². The van der Waals surface area contributed by atoms with E-state index in [2.05, 4.69) is 91.0 Å². The van der Waals surface area contributed by atoms with Crippen molar-refractivity contribution in [3.8, 4) is 103 Å². The summed E-state index contributed by atoms with van der Waals surface area (Å²) in [5.41, 5.74) is 0. The van der Waals surface area contributed by atoms with Gasteiger partial charge in [-0.05, 0) is 225 Å². The van der Waals surface area contributed by atoms with Crippen LogP contribution in [0.25, 0.3) is 97.0 Å². The Kier molecular flexibility index (Phi) is 13.3. The Morgan fingerprint density at radius 1 is 0.226 bits per heavy atom. The molecule has 18 heteroatoms. The molecule has 0 atom stereocenters. The monoisotopic (exact) mass is 1250 g/mol. The van der Waals surface area contributed by atoms with Crippen LogP contribution in [0.2, 0.25) is 0 Å². The predicted molar refractivity (Wildman–Crippen MR) is 352 cm³/mol. The van der Waals surface area contributed by atoms with Crippen LogP contribution in [0.1, 0.15) is 12.8 Å². The van der Waals surface area contributed by atoms with E-state index in [1.54, 1.807) is 21.3 Å². The van der Waals surface area contributed by atoms with E-state index in [0.717, 1.165) is 97.0 Å². The van der Waals surface area contributed by atoms with Gasteiger partial charge in [0.1, 0.15) is 79.3 Å². The largest absolute Gasteiger partial charge is 0.493 e. The number of hydrogen-bond acceptors (Lipinski definition) is 18. The van der Waals surface area contributed by atoms with E-state index in [1.165, 1.54) is 0 Å². The van der Waals surface area contributed by atoms with E-state index in [4.69, 9.17) is 85.3 Å². The van der Waals surface area contributed by atoms with Crippen LogP contribution < -0.4 is 85.3 Å². The molecule has 6 heterocycles. The molecule has 0 fully saturated rings. The van der Waals surface area contributed by atoms with Crippen LogP contribution in [0, 0.1) is 5.92 Å². The van der Waals surface area contributed by atoms with Crippen molar-refractivity contribution in [2.75, 3.05) is 120 Å². The van der Waals surface area contributed by atoms with Gasteiger partial charge < -0.3 is 85.3 Å². The van der Waals surface area contributed by atoms with E-state index in [0.29, 0.717) is 209 Å². The van der Waals surface area contributed by atoms with Gasteiger partial charge in [-0.25, -0.2) is 0 Å². The SMILES string of the molecule is COc1cc2c(cc1OCCC(CCOc1cc3c(cc1OC)c1cc4c(cc1c1cc5c(cc31)OCCO5)OCCO4)COc1cc3c(cc1OC)c1cc4c(cc1c1cc5c(cc31)OCCO5)OCCO4)c1cc3c(cc1c1cc4c(cc21)OCCO4)OCCO3. The first-order chi connectivity index (χ1) is 45.9. The number of rotatable bonds is 14. The molecule has 12 aromatic carbocycles. The van der Waals surface area contributed by atoms with Gasteiger partial charge in [-0.15, -0.1) is 0 Å². The molecule has 93 heavy (non-hydrogen) atoms. The average Bonchev–Trinajstić information content (AvgIpc) is 0.741. The van der Waals surface area contributed by atoms with E-state index >= 15 is 0 Å². The Hall–Kier alpha value is -10.6. The third-order valence-corrected chi connectivity index (χ3v) is 18.7. The quantitative estimate of drug-likeness (QED) is 0.0943. The van der Waals surface area contributed by atoms with Crippen LogP contribution in [0.4, 0.5) is 0 Å². The lowest BCUT2D eigenvalue weighted by Crippen LogP contribution is -2.19. The lowest BCUT2D eigenvalue weighted by atomic mass is 9.93. The highest BCUT2D eigenvalue weighted by molar-refractivity contribution is 6.29. The van der Waals surface area contributed by atoms with E-state index in [9.17, 15) is 0 Å². The Bertz CT molecular complexity index is 4790. The normalized spacial score (nSPS) is 15.2. The van der Waals surface area contributed by atoms with Crippen LogP contribution in [-0.4, -0.2) is 120 Å². The molecule has 0 bridgehead atoms. The molecule has 0 radical (unpaired) electrons. The van der Waals surface area contributed by atoms with Crippen molar-refractivity contribution in [2.24, 2.45) is 5.92 Å². The van der Waals surface area contributed by atoms with Crippen LogP contribution in [0.15, 0.2) is 109 Å². The molecule has 0 aliphatic carbocycles. The molecule has 0 aromatic heterocycles. The summed E-state index contributed by atoms with van der Waals surface area (Å²) in [6, 6.07) is 37.1. The minimum Gasteiger partial charge on any atom is -0.493 e. The lowest BCUT2D eigenvalue weighted by molar-refractivity contribution is 0.171. The maximum absolute atomic E-state index is 7.05. The average molecular weight is 1250 g/mol. The molecule has 0 N–H and O–H groups in total. The number of hydrogen-bond donors (Lipinski definition) is 0. The van der Waals surface area contributed by atoms with Gasteiger partial charge in [0.15, 0.2) is 103 Å². The third kappa shape index (κ3) is 9.33. The highest BCUT2D eigenvalue weighted by atomic mass is 16.6. The smallest absolute Gasteiger partial charge is 0.162 e. The molecule has 18 nitrogen and oxygen atoms in total. The zero-order valence-corrected chi connectivity index (χ0v) is 51.3. The van der Waals surface area contributed by atoms with Crippen molar-refractivity contribution in [2.45, 2.75) is 12.8 Å². The Morgan fingerprint density at radius 2 is 0.387 bits per heavy atom. The van der Waals surface area contributed by atoms with E-state index in [-0.39, 0.29) is 12.5 Å².